The van der Waals surface area contributed by atoms with Crippen LogP contribution in [0.3, 0.4) is 0 Å². The number of carboxylic acid groups (broad SMARTS) is 1. The maximum absolute atomic E-state index is 13.1. The van der Waals surface area contributed by atoms with Crippen LogP contribution in [-0.2, 0) is 14.8 Å². The molecule has 6 nitrogen and oxygen atoms in total. The monoisotopic (exact) mass is 367 g/mol. The molecule has 0 heterocycles. The summed E-state index contributed by atoms with van der Waals surface area (Å²) in [6, 6.07) is 10.3. The van der Waals surface area contributed by atoms with E-state index in [0.717, 1.165) is 0 Å². The van der Waals surface area contributed by atoms with Crippen LogP contribution >= 0.6 is 0 Å². The van der Waals surface area contributed by atoms with Gasteiger partial charge in [-0.1, -0.05) is 12.1 Å². The highest BCUT2D eigenvalue weighted by Crippen LogP contribution is 2.23. The lowest BCUT2D eigenvalue weighted by molar-refractivity contribution is -0.137. The highest BCUT2D eigenvalue weighted by Gasteiger charge is 2.22. The van der Waals surface area contributed by atoms with Crippen LogP contribution in [0.4, 0.5) is 4.39 Å². The topological polar surface area (TPSA) is 92.7 Å². The van der Waals surface area contributed by atoms with Crippen LogP contribution < -0.4 is 9.46 Å². The second kappa shape index (κ2) is 8.09. The van der Waals surface area contributed by atoms with Crippen LogP contribution in [0.2, 0.25) is 0 Å². The first kappa shape index (κ1) is 18.9. The quantitative estimate of drug-likeness (QED) is 0.748. The average Bonchev–Trinajstić information content (AvgIpc) is 2.59. The zero-order valence-electron chi connectivity index (χ0n) is 13.5. The van der Waals surface area contributed by atoms with Gasteiger partial charge in [0.2, 0.25) is 10.0 Å². The summed E-state index contributed by atoms with van der Waals surface area (Å²) in [6.45, 7) is 0. The van der Waals surface area contributed by atoms with Crippen LogP contribution in [-0.4, -0.2) is 26.6 Å². The van der Waals surface area contributed by atoms with Crippen molar-refractivity contribution in [1.29, 1.82) is 0 Å². The van der Waals surface area contributed by atoms with Gasteiger partial charge >= 0.3 is 5.97 Å². The predicted molar refractivity (Wildman–Crippen MR) is 89.3 cm³/mol. The van der Waals surface area contributed by atoms with Gasteiger partial charge in [-0.2, -0.15) is 0 Å². The van der Waals surface area contributed by atoms with Gasteiger partial charge in [-0.15, -0.1) is 0 Å². The normalized spacial score (nSPS) is 12.6. The van der Waals surface area contributed by atoms with Gasteiger partial charge in [-0.3, -0.25) is 4.79 Å². The molecule has 0 aliphatic heterocycles. The minimum atomic E-state index is -3.88. The first-order valence-electron chi connectivity index (χ1n) is 7.45. The van der Waals surface area contributed by atoms with E-state index in [0.29, 0.717) is 11.3 Å². The Labute approximate surface area is 145 Å². The fourth-order valence-corrected chi connectivity index (χ4v) is 3.53. The molecular formula is C17H18FNO5S. The van der Waals surface area contributed by atoms with Crippen molar-refractivity contribution in [2.75, 3.05) is 7.11 Å². The number of sulfonamides is 1. The smallest absolute Gasteiger partial charge is 0.303 e. The number of carboxylic acids is 1. The maximum Gasteiger partial charge on any atom is 0.303 e. The Morgan fingerprint density at radius 3 is 2.28 bits per heavy atom. The Morgan fingerprint density at radius 1 is 1.16 bits per heavy atom. The molecule has 0 aromatic heterocycles. The Balaban J connectivity index is 2.26. The van der Waals surface area contributed by atoms with Crippen LogP contribution in [0.5, 0.6) is 5.75 Å². The van der Waals surface area contributed by atoms with Gasteiger partial charge in [0, 0.05) is 12.5 Å². The molecule has 0 radical (unpaired) electrons. The van der Waals surface area contributed by atoms with E-state index >= 15 is 0 Å². The molecule has 0 fully saturated rings. The van der Waals surface area contributed by atoms with Crippen molar-refractivity contribution in [3.8, 4) is 5.75 Å². The van der Waals surface area contributed by atoms with Crippen molar-refractivity contribution >= 4 is 16.0 Å². The zero-order valence-corrected chi connectivity index (χ0v) is 14.3. The van der Waals surface area contributed by atoms with Crippen LogP contribution in [0.1, 0.15) is 24.4 Å². The zero-order chi connectivity index (χ0) is 18.4. The van der Waals surface area contributed by atoms with E-state index in [4.69, 9.17) is 9.84 Å². The number of ether oxygens (including phenoxy) is 1. The number of rotatable bonds is 8. The molecule has 0 bridgehead atoms. The number of halogens is 1. The molecule has 2 N–H and O–H groups in total. The molecule has 0 aliphatic rings. The van der Waals surface area contributed by atoms with Crippen molar-refractivity contribution in [3.05, 3.63) is 59.9 Å². The second-order valence-corrected chi connectivity index (χ2v) is 7.05. The molecule has 1 atom stereocenters. The minimum Gasteiger partial charge on any atom is -0.497 e. The molecule has 0 amide bonds. The summed E-state index contributed by atoms with van der Waals surface area (Å²) in [4.78, 5) is 10.9. The van der Waals surface area contributed by atoms with Crippen molar-refractivity contribution in [1.82, 2.24) is 4.72 Å². The van der Waals surface area contributed by atoms with Crippen LogP contribution in [0, 0.1) is 5.82 Å². The highest BCUT2D eigenvalue weighted by molar-refractivity contribution is 7.89. The lowest BCUT2D eigenvalue weighted by atomic mass is 10.0. The van der Waals surface area contributed by atoms with Crippen molar-refractivity contribution in [3.63, 3.8) is 0 Å². The number of aliphatic carboxylic acids is 1. The third-order valence-corrected chi connectivity index (χ3v) is 5.07. The fraction of sp³-hybridized carbons (Fsp3) is 0.235. The summed E-state index contributed by atoms with van der Waals surface area (Å²) in [6.07, 6.45) is -0.191. The number of carbonyl (C=O) groups is 1. The Kier molecular flexibility index (Phi) is 6.11. The Hall–Kier alpha value is -2.45. The lowest BCUT2D eigenvalue weighted by Gasteiger charge is -2.19. The summed E-state index contributed by atoms with van der Waals surface area (Å²) in [7, 11) is -2.41. The molecule has 134 valence electrons. The van der Waals surface area contributed by atoms with Gasteiger partial charge in [-0.05, 0) is 48.4 Å². The molecule has 0 aliphatic carbocycles. The molecule has 25 heavy (non-hydrogen) atoms. The lowest BCUT2D eigenvalue weighted by Crippen LogP contribution is -2.29. The molecule has 2 aromatic rings. The van der Waals surface area contributed by atoms with E-state index in [1.165, 1.54) is 55.6 Å². The summed E-state index contributed by atoms with van der Waals surface area (Å²) in [5, 5.41) is 8.88. The molecule has 2 rings (SSSR count). The second-order valence-electron chi connectivity index (χ2n) is 5.33. The van der Waals surface area contributed by atoms with Crippen molar-refractivity contribution in [2.45, 2.75) is 23.8 Å². The van der Waals surface area contributed by atoms with Crippen LogP contribution in [0.25, 0.3) is 0 Å². The summed E-state index contributed by atoms with van der Waals surface area (Å²) in [5.41, 5.74) is 0.486. The predicted octanol–water partition coefficient (Wildman–Crippen LogP) is 2.72. The molecule has 8 heteroatoms. The van der Waals surface area contributed by atoms with Crippen molar-refractivity contribution in [2.24, 2.45) is 0 Å². The van der Waals surface area contributed by atoms with Gasteiger partial charge in [0.25, 0.3) is 0 Å². The Morgan fingerprint density at radius 2 is 1.76 bits per heavy atom. The number of hydrogen-bond donors (Lipinski definition) is 2. The maximum atomic E-state index is 13.1. The third kappa shape index (κ3) is 5.27. The van der Waals surface area contributed by atoms with Gasteiger partial charge < -0.3 is 9.84 Å². The van der Waals surface area contributed by atoms with E-state index in [9.17, 15) is 17.6 Å². The van der Waals surface area contributed by atoms with E-state index in [-0.39, 0.29) is 17.7 Å². The van der Waals surface area contributed by atoms with Gasteiger partial charge in [0.15, 0.2) is 0 Å². The van der Waals surface area contributed by atoms with E-state index in [2.05, 4.69) is 4.72 Å². The molecule has 0 spiro atoms. The molecular weight excluding hydrogens is 349 g/mol. The molecule has 0 saturated heterocycles. The highest BCUT2D eigenvalue weighted by atomic mass is 32.2. The van der Waals surface area contributed by atoms with Crippen molar-refractivity contribution < 1.29 is 27.4 Å². The summed E-state index contributed by atoms with van der Waals surface area (Å²) >= 11 is 0. The molecule has 2 aromatic carbocycles. The fourth-order valence-electron chi connectivity index (χ4n) is 2.27. The van der Waals surface area contributed by atoms with E-state index in [1.807, 2.05) is 0 Å². The first-order chi connectivity index (χ1) is 11.8. The average molecular weight is 367 g/mol. The molecule has 0 saturated carbocycles. The number of benzene rings is 2. The number of nitrogens with one attached hydrogen (secondary N) is 1. The van der Waals surface area contributed by atoms with Gasteiger partial charge in [0.1, 0.15) is 11.6 Å². The Bertz CT molecular complexity index is 819. The minimum absolute atomic E-state index is 0.0238. The largest absolute Gasteiger partial charge is 0.497 e. The number of methoxy groups -OCH3 is 1. The van der Waals surface area contributed by atoms with E-state index in [1.54, 1.807) is 0 Å². The number of hydrogen-bond acceptors (Lipinski definition) is 4. The third-order valence-electron chi connectivity index (χ3n) is 3.59. The summed E-state index contributed by atoms with van der Waals surface area (Å²) < 4.78 is 45.7. The standard InChI is InChI=1S/C17H18FNO5S/c1-24-14-6-8-15(9-7-14)25(22,23)19-16(10-11-17(20)21)12-2-4-13(18)5-3-12/h2-9,16,19H,10-11H2,1H3,(H,20,21). The SMILES string of the molecule is COc1ccc(S(=O)(=O)NC(CCC(=O)O)c2ccc(F)cc2)cc1. The van der Waals surface area contributed by atoms with E-state index < -0.39 is 27.9 Å². The van der Waals surface area contributed by atoms with Gasteiger partial charge in [0.05, 0.1) is 12.0 Å². The summed E-state index contributed by atoms with van der Waals surface area (Å²) in [5.74, 6) is -0.991. The molecule has 1 unspecified atom stereocenters. The van der Waals surface area contributed by atoms with Gasteiger partial charge in [-0.25, -0.2) is 17.5 Å². The first-order valence-corrected chi connectivity index (χ1v) is 8.94. The van der Waals surface area contributed by atoms with Crippen LogP contribution in [0.15, 0.2) is 53.4 Å².